The maximum atomic E-state index is 11.7. The normalized spacial score (nSPS) is 11.5. The van der Waals surface area contributed by atoms with Gasteiger partial charge in [0.2, 0.25) is 11.2 Å². The van der Waals surface area contributed by atoms with Gasteiger partial charge in [-0.15, -0.1) is 0 Å². The second-order valence-corrected chi connectivity index (χ2v) is 2.80. The van der Waals surface area contributed by atoms with E-state index in [2.05, 4.69) is 19.7 Å². The van der Waals surface area contributed by atoms with Crippen molar-refractivity contribution in [1.82, 2.24) is 15.0 Å². The fraction of sp³-hybridized carbons (Fsp3) is 0.500. The Morgan fingerprint density at radius 2 is 1.93 bits per heavy atom. The lowest BCUT2D eigenvalue weighted by atomic mass is 10.4. The highest BCUT2D eigenvalue weighted by molar-refractivity contribution is 6.28. The van der Waals surface area contributed by atoms with E-state index in [1.54, 1.807) is 0 Å². The summed E-state index contributed by atoms with van der Waals surface area (Å²) < 4.78 is 39.8. The monoisotopic (exact) mass is 242 g/mol. The van der Waals surface area contributed by atoms with E-state index < -0.39 is 19.2 Å². The molecule has 0 saturated heterocycles. The Hall–Kier alpha value is -1.31. The minimum Gasteiger partial charge on any atom is -0.463 e. The van der Waals surface area contributed by atoms with Crippen LogP contribution < -0.4 is 10.5 Å². The van der Waals surface area contributed by atoms with Crippen molar-refractivity contribution in [3.05, 3.63) is 5.28 Å². The molecule has 0 aromatic carbocycles. The van der Waals surface area contributed by atoms with Gasteiger partial charge in [0.05, 0.1) is 6.42 Å². The fourth-order valence-corrected chi connectivity index (χ4v) is 0.828. The zero-order valence-corrected chi connectivity index (χ0v) is 8.01. The highest BCUT2D eigenvalue weighted by Gasteiger charge is 2.27. The molecule has 0 aliphatic rings. The van der Waals surface area contributed by atoms with Gasteiger partial charge in [0.25, 0.3) is 0 Å². The largest absolute Gasteiger partial charge is 0.463 e. The first-order valence-corrected chi connectivity index (χ1v) is 4.11. The summed E-state index contributed by atoms with van der Waals surface area (Å²) in [6.07, 6.45) is -5.39. The number of nitrogens with zero attached hydrogens (tertiary/aromatic N) is 3. The molecular formula is C6H6ClF3N4O. The van der Waals surface area contributed by atoms with Crippen LogP contribution in [0.2, 0.25) is 5.28 Å². The summed E-state index contributed by atoms with van der Waals surface area (Å²) in [7, 11) is 0. The minimum atomic E-state index is -4.29. The summed E-state index contributed by atoms with van der Waals surface area (Å²) in [5, 5.41) is -0.232. The Balaban J connectivity index is 2.51. The summed E-state index contributed by atoms with van der Waals surface area (Å²) in [5.74, 6) is -0.211. The third kappa shape index (κ3) is 4.63. The molecule has 5 nitrogen and oxygen atoms in total. The van der Waals surface area contributed by atoms with Gasteiger partial charge in [0.1, 0.15) is 6.61 Å². The van der Waals surface area contributed by atoms with Crippen LogP contribution in [0, 0.1) is 0 Å². The molecule has 0 atom stereocenters. The number of anilines is 1. The van der Waals surface area contributed by atoms with Crippen LogP contribution in [0.15, 0.2) is 0 Å². The van der Waals surface area contributed by atoms with E-state index in [9.17, 15) is 13.2 Å². The number of aromatic nitrogens is 3. The van der Waals surface area contributed by atoms with E-state index in [0.29, 0.717) is 0 Å². The summed E-state index contributed by atoms with van der Waals surface area (Å²) in [6, 6.07) is -0.322. The highest BCUT2D eigenvalue weighted by Crippen LogP contribution is 2.19. The first kappa shape index (κ1) is 11.8. The third-order valence-electron chi connectivity index (χ3n) is 1.22. The number of nitrogen functional groups attached to an aromatic ring is 1. The van der Waals surface area contributed by atoms with E-state index in [1.807, 2.05) is 0 Å². The molecule has 0 radical (unpaired) electrons. The molecule has 0 aliphatic heterocycles. The van der Waals surface area contributed by atoms with Crippen LogP contribution in [0.1, 0.15) is 6.42 Å². The lowest BCUT2D eigenvalue weighted by Gasteiger charge is -2.06. The minimum absolute atomic E-state index is 0.211. The van der Waals surface area contributed by atoms with E-state index in [-0.39, 0.29) is 17.2 Å². The quantitative estimate of drug-likeness (QED) is 0.868. The third-order valence-corrected chi connectivity index (χ3v) is 1.39. The number of nitrogens with two attached hydrogens (primary N) is 1. The smallest absolute Gasteiger partial charge is 0.392 e. The van der Waals surface area contributed by atoms with Gasteiger partial charge in [-0.05, 0) is 11.6 Å². The first-order chi connectivity index (χ1) is 6.87. The van der Waals surface area contributed by atoms with Crippen molar-refractivity contribution in [3.63, 3.8) is 0 Å². The van der Waals surface area contributed by atoms with Gasteiger partial charge >= 0.3 is 12.2 Å². The Morgan fingerprint density at radius 1 is 1.27 bits per heavy atom. The van der Waals surface area contributed by atoms with Gasteiger partial charge in [0.15, 0.2) is 0 Å². The summed E-state index contributed by atoms with van der Waals surface area (Å²) in [6.45, 7) is -0.594. The molecule has 84 valence electrons. The van der Waals surface area contributed by atoms with Gasteiger partial charge in [-0.1, -0.05) is 0 Å². The molecule has 1 aromatic rings. The molecule has 0 bridgehead atoms. The predicted molar refractivity (Wildman–Crippen MR) is 45.4 cm³/mol. The zero-order valence-electron chi connectivity index (χ0n) is 7.25. The van der Waals surface area contributed by atoms with Crippen LogP contribution in [-0.2, 0) is 0 Å². The average Bonchev–Trinajstić information content (AvgIpc) is 1.99. The van der Waals surface area contributed by atoms with Crippen molar-refractivity contribution >= 4 is 17.5 Å². The van der Waals surface area contributed by atoms with Crippen molar-refractivity contribution in [1.29, 1.82) is 0 Å². The van der Waals surface area contributed by atoms with E-state index in [1.165, 1.54) is 0 Å². The topological polar surface area (TPSA) is 73.9 Å². The molecule has 1 heterocycles. The Labute approximate surface area is 87.4 Å². The standard InChI is InChI=1S/C6H6ClF3N4O/c7-3-12-4(11)14-5(13-3)15-2-1-6(8,9)10/h1-2H2,(H2,11,12,13,14). The Kier molecular flexibility index (Phi) is 3.51. The molecule has 0 fully saturated rings. The molecule has 1 rings (SSSR count). The second kappa shape index (κ2) is 4.47. The van der Waals surface area contributed by atoms with Crippen molar-refractivity contribution in [2.24, 2.45) is 0 Å². The van der Waals surface area contributed by atoms with Crippen LogP contribution in [-0.4, -0.2) is 27.7 Å². The molecule has 2 N–H and O–H groups in total. The van der Waals surface area contributed by atoms with Gasteiger partial charge in [-0.3, -0.25) is 0 Å². The first-order valence-electron chi connectivity index (χ1n) is 3.73. The molecule has 15 heavy (non-hydrogen) atoms. The molecular weight excluding hydrogens is 237 g/mol. The number of hydrogen-bond acceptors (Lipinski definition) is 5. The van der Waals surface area contributed by atoms with Crippen LogP contribution in [0.25, 0.3) is 0 Å². The van der Waals surface area contributed by atoms with Gasteiger partial charge in [-0.25, -0.2) is 0 Å². The number of alkyl halides is 3. The molecule has 0 unspecified atom stereocenters. The summed E-state index contributed by atoms with van der Waals surface area (Å²) >= 11 is 5.37. The van der Waals surface area contributed by atoms with E-state index in [0.717, 1.165) is 0 Å². The lowest BCUT2D eigenvalue weighted by Crippen LogP contribution is -2.14. The Bertz CT molecular complexity index is 325. The SMILES string of the molecule is Nc1nc(Cl)nc(OCCC(F)(F)F)n1. The Morgan fingerprint density at radius 3 is 2.47 bits per heavy atom. The number of ether oxygens (including phenoxy) is 1. The molecule has 1 aromatic heterocycles. The van der Waals surface area contributed by atoms with Gasteiger partial charge < -0.3 is 10.5 Å². The average molecular weight is 243 g/mol. The fourth-order valence-electron chi connectivity index (χ4n) is 0.669. The van der Waals surface area contributed by atoms with E-state index >= 15 is 0 Å². The molecule has 0 amide bonds. The highest BCUT2D eigenvalue weighted by atomic mass is 35.5. The maximum absolute atomic E-state index is 11.7. The molecule has 0 saturated carbocycles. The molecule has 0 spiro atoms. The van der Waals surface area contributed by atoms with Crippen LogP contribution in [0.4, 0.5) is 19.1 Å². The zero-order chi connectivity index (χ0) is 11.5. The van der Waals surface area contributed by atoms with Gasteiger partial charge in [0, 0.05) is 0 Å². The predicted octanol–water partition coefficient (Wildman–Crippen LogP) is 1.44. The second-order valence-electron chi connectivity index (χ2n) is 2.46. The van der Waals surface area contributed by atoms with Crippen LogP contribution in [0.5, 0.6) is 6.01 Å². The summed E-state index contributed by atoms with van der Waals surface area (Å²) in [4.78, 5) is 10.3. The van der Waals surface area contributed by atoms with Crippen molar-refractivity contribution in [2.45, 2.75) is 12.6 Å². The maximum Gasteiger partial charge on any atom is 0.392 e. The van der Waals surface area contributed by atoms with Crippen LogP contribution in [0.3, 0.4) is 0 Å². The van der Waals surface area contributed by atoms with E-state index in [4.69, 9.17) is 17.3 Å². The van der Waals surface area contributed by atoms with Crippen LogP contribution >= 0.6 is 11.6 Å². The van der Waals surface area contributed by atoms with Crippen molar-refractivity contribution in [2.75, 3.05) is 12.3 Å². The molecule has 0 aliphatic carbocycles. The lowest BCUT2D eigenvalue weighted by molar-refractivity contribution is -0.139. The van der Waals surface area contributed by atoms with Crippen molar-refractivity contribution < 1.29 is 17.9 Å². The van der Waals surface area contributed by atoms with Gasteiger partial charge in [-0.2, -0.15) is 28.1 Å². The number of halogens is 4. The number of rotatable bonds is 3. The molecule has 9 heteroatoms. The summed E-state index contributed by atoms with van der Waals surface area (Å²) in [5.41, 5.74) is 5.17. The van der Waals surface area contributed by atoms with Crippen molar-refractivity contribution in [3.8, 4) is 6.01 Å². The number of hydrogen-bond donors (Lipinski definition) is 1.